The van der Waals surface area contributed by atoms with E-state index in [2.05, 4.69) is 0 Å². The topological polar surface area (TPSA) is 164 Å². The molecule has 2 aliphatic carbocycles. The first kappa shape index (κ1) is 26.5. The van der Waals surface area contributed by atoms with Crippen molar-refractivity contribution in [1.82, 2.24) is 18.9 Å². The van der Waals surface area contributed by atoms with Gasteiger partial charge in [0.2, 0.25) is 5.88 Å². The number of urea groups is 1. The number of amidine groups is 1. The lowest BCUT2D eigenvalue weighted by molar-refractivity contribution is -0.132. The first-order valence-corrected chi connectivity index (χ1v) is 13.6. The van der Waals surface area contributed by atoms with Gasteiger partial charge in [0.1, 0.15) is 16.9 Å². The molecule has 2 atom stereocenters. The van der Waals surface area contributed by atoms with Crippen LogP contribution in [0.1, 0.15) is 69.9 Å². The minimum absolute atomic E-state index is 0.135. The van der Waals surface area contributed by atoms with Crippen molar-refractivity contribution in [2.75, 3.05) is 26.8 Å². The second kappa shape index (κ2) is 9.87. The van der Waals surface area contributed by atoms with Crippen molar-refractivity contribution in [2.45, 2.75) is 76.4 Å². The Hall–Kier alpha value is -3.15. The van der Waals surface area contributed by atoms with Crippen LogP contribution >= 0.6 is 0 Å². The van der Waals surface area contributed by atoms with Gasteiger partial charge in [0.25, 0.3) is 11.5 Å². The van der Waals surface area contributed by atoms with Gasteiger partial charge in [0.05, 0.1) is 6.61 Å². The van der Waals surface area contributed by atoms with Crippen LogP contribution in [0, 0.1) is 23.2 Å². The minimum Gasteiger partial charge on any atom is -0.494 e. The molecular formula is C26H38N6O6. The molecule has 3 amide bonds. The molecule has 12 heteroatoms. The standard InChI is InChI=1S/C26H38N6O6/c1-26(23(35)29(2)24(36)31(26)13-17-9-10-38-14-17)11-15-5-7-18(8-6-15)32-22(34)19(20(27)28)21(33)30(25(32)37)12-16-3-4-16/h15-18,33H,3-14H2,1-2H3,(H3,27,28)/t15?,17-,18?,26-/m1/s1. The summed E-state index contributed by atoms with van der Waals surface area (Å²) in [5, 5.41) is 18.4. The maximum absolute atomic E-state index is 13.3. The molecule has 208 valence electrons. The summed E-state index contributed by atoms with van der Waals surface area (Å²) in [4.78, 5) is 55.6. The average Bonchev–Trinajstić information content (AvgIpc) is 3.52. The Balaban J connectivity index is 1.34. The Morgan fingerprint density at radius 1 is 1.03 bits per heavy atom. The monoisotopic (exact) mass is 530 g/mol. The van der Waals surface area contributed by atoms with Crippen LogP contribution in [0.4, 0.5) is 4.79 Å². The number of nitrogen functional groups attached to an aromatic ring is 1. The van der Waals surface area contributed by atoms with Crippen LogP contribution in [0.15, 0.2) is 9.59 Å². The normalized spacial score (nSPS) is 29.9. The van der Waals surface area contributed by atoms with E-state index in [-0.39, 0.29) is 35.3 Å². The van der Waals surface area contributed by atoms with Crippen LogP contribution < -0.4 is 17.0 Å². The Labute approximate surface area is 220 Å². The quantitative estimate of drug-likeness (QED) is 0.258. The summed E-state index contributed by atoms with van der Waals surface area (Å²) in [6, 6.07) is -0.666. The summed E-state index contributed by atoms with van der Waals surface area (Å²) in [5.74, 6) is -0.678. The van der Waals surface area contributed by atoms with Crippen molar-refractivity contribution >= 4 is 17.8 Å². The number of carbonyl (C=O) groups is 2. The van der Waals surface area contributed by atoms with Gasteiger partial charge in [-0.2, -0.15) is 0 Å². The fraction of sp³-hybridized carbons (Fsp3) is 0.731. The molecule has 0 radical (unpaired) electrons. The molecular weight excluding hydrogens is 492 g/mol. The maximum Gasteiger partial charge on any atom is 0.334 e. The minimum atomic E-state index is -0.944. The van der Waals surface area contributed by atoms with Crippen molar-refractivity contribution < 1.29 is 19.4 Å². The fourth-order valence-electron chi connectivity index (χ4n) is 6.53. The van der Waals surface area contributed by atoms with Crippen molar-refractivity contribution in [1.29, 1.82) is 5.41 Å². The van der Waals surface area contributed by atoms with E-state index in [1.54, 1.807) is 4.90 Å². The molecule has 0 unspecified atom stereocenters. The molecule has 4 fully saturated rings. The van der Waals surface area contributed by atoms with E-state index in [1.807, 2.05) is 6.92 Å². The predicted molar refractivity (Wildman–Crippen MR) is 138 cm³/mol. The molecule has 0 aromatic carbocycles. The molecule has 1 aromatic rings. The molecule has 4 N–H and O–H groups in total. The number of aromatic nitrogens is 2. The molecule has 2 aliphatic heterocycles. The highest BCUT2D eigenvalue weighted by Crippen LogP contribution is 2.41. The van der Waals surface area contributed by atoms with Crippen molar-refractivity contribution in [2.24, 2.45) is 23.5 Å². The third kappa shape index (κ3) is 4.52. The molecule has 4 aliphatic rings. The highest BCUT2D eigenvalue weighted by Gasteiger charge is 2.54. The van der Waals surface area contributed by atoms with Gasteiger partial charge in [-0.1, -0.05) is 0 Å². The largest absolute Gasteiger partial charge is 0.494 e. The summed E-state index contributed by atoms with van der Waals surface area (Å²) in [5.41, 5.74) is 3.06. The van der Waals surface area contributed by atoms with Gasteiger partial charge in [-0.05, 0) is 70.1 Å². The smallest absolute Gasteiger partial charge is 0.334 e. The van der Waals surface area contributed by atoms with Gasteiger partial charge >= 0.3 is 11.7 Å². The first-order valence-electron chi connectivity index (χ1n) is 13.6. The molecule has 2 saturated carbocycles. The van der Waals surface area contributed by atoms with Crippen LogP contribution in [0.5, 0.6) is 5.88 Å². The number of nitrogens with zero attached hydrogens (tertiary/aromatic N) is 4. The summed E-state index contributed by atoms with van der Waals surface area (Å²) >= 11 is 0. The van der Waals surface area contributed by atoms with Gasteiger partial charge < -0.3 is 20.5 Å². The number of hydrogen-bond donors (Lipinski definition) is 3. The molecule has 2 saturated heterocycles. The zero-order chi connectivity index (χ0) is 27.4. The molecule has 0 bridgehead atoms. The van der Waals surface area contributed by atoms with Gasteiger partial charge in [-0.3, -0.25) is 29.0 Å². The summed E-state index contributed by atoms with van der Waals surface area (Å²) < 4.78 is 7.84. The Bertz CT molecular complexity index is 1250. The highest BCUT2D eigenvalue weighted by atomic mass is 16.5. The lowest BCUT2D eigenvalue weighted by Gasteiger charge is -2.38. The third-order valence-corrected chi connectivity index (χ3v) is 8.97. The number of likely N-dealkylation sites (N-methyl/N-ethyl adjacent to an activating group) is 1. The van der Waals surface area contributed by atoms with Crippen molar-refractivity contribution in [3.63, 3.8) is 0 Å². The summed E-state index contributed by atoms with van der Waals surface area (Å²) in [6.07, 6.45) is 5.71. The number of carbonyl (C=O) groups excluding carboxylic acids is 2. The van der Waals surface area contributed by atoms with E-state index in [0.717, 1.165) is 19.3 Å². The number of imide groups is 1. The Kier molecular flexibility index (Phi) is 6.87. The van der Waals surface area contributed by atoms with Crippen molar-refractivity contribution in [3.05, 3.63) is 26.4 Å². The van der Waals surface area contributed by atoms with Crippen LogP contribution in [-0.4, -0.2) is 74.2 Å². The zero-order valence-corrected chi connectivity index (χ0v) is 22.1. The second-order valence-corrected chi connectivity index (χ2v) is 11.8. The summed E-state index contributed by atoms with van der Waals surface area (Å²) in [7, 11) is 1.53. The van der Waals surface area contributed by atoms with Gasteiger partial charge in [-0.15, -0.1) is 0 Å². The number of hydrogen-bond acceptors (Lipinski definition) is 7. The van der Waals surface area contributed by atoms with Gasteiger partial charge in [0.15, 0.2) is 0 Å². The van der Waals surface area contributed by atoms with Crippen LogP contribution in [0.25, 0.3) is 0 Å². The van der Waals surface area contributed by atoms with Crippen LogP contribution in [0.3, 0.4) is 0 Å². The molecule has 3 heterocycles. The van der Waals surface area contributed by atoms with E-state index >= 15 is 0 Å². The molecule has 0 spiro atoms. The number of rotatable bonds is 8. The zero-order valence-electron chi connectivity index (χ0n) is 22.1. The van der Waals surface area contributed by atoms with E-state index in [1.165, 1.54) is 21.1 Å². The van der Waals surface area contributed by atoms with E-state index in [9.17, 15) is 24.3 Å². The van der Waals surface area contributed by atoms with Crippen LogP contribution in [0.2, 0.25) is 0 Å². The van der Waals surface area contributed by atoms with E-state index in [0.29, 0.717) is 58.4 Å². The van der Waals surface area contributed by atoms with Crippen LogP contribution in [-0.2, 0) is 16.1 Å². The number of nitrogens with two attached hydrogens (primary N) is 1. The number of nitrogens with one attached hydrogen (secondary N) is 1. The van der Waals surface area contributed by atoms with E-state index < -0.39 is 34.5 Å². The predicted octanol–water partition coefficient (Wildman–Crippen LogP) is 1.22. The third-order valence-electron chi connectivity index (χ3n) is 8.97. The first-order chi connectivity index (χ1) is 18.0. The maximum atomic E-state index is 13.3. The molecule has 1 aromatic heterocycles. The molecule has 5 rings (SSSR count). The van der Waals surface area contributed by atoms with Gasteiger partial charge in [-0.25, -0.2) is 9.59 Å². The average molecular weight is 531 g/mol. The van der Waals surface area contributed by atoms with Crippen molar-refractivity contribution in [3.8, 4) is 5.88 Å². The molecule has 12 nitrogen and oxygen atoms in total. The lowest BCUT2D eigenvalue weighted by Crippen LogP contribution is -2.50. The number of aromatic hydroxyl groups is 1. The Morgan fingerprint density at radius 2 is 1.68 bits per heavy atom. The lowest BCUT2D eigenvalue weighted by atomic mass is 9.77. The number of amides is 3. The van der Waals surface area contributed by atoms with Gasteiger partial charge in [0, 0.05) is 38.7 Å². The second-order valence-electron chi connectivity index (χ2n) is 11.8. The molecule has 38 heavy (non-hydrogen) atoms. The van der Waals surface area contributed by atoms with E-state index in [4.69, 9.17) is 15.9 Å². The Morgan fingerprint density at radius 3 is 2.26 bits per heavy atom. The number of ether oxygens (including phenoxy) is 1. The SMILES string of the molecule is CN1C(=O)N(C[C@H]2CCOC2)[C@](C)(CC2CCC(n3c(=O)c(C(=N)N)c(O)n(CC4CC4)c3=O)CC2)C1=O. The highest BCUT2D eigenvalue weighted by molar-refractivity contribution is 6.06. The fourth-order valence-corrected chi connectivity index (χ4v) is 6.53. The summed E-state index contributed by atoms with van der Waals surface area (Å²) in [6.45, 7) is 3.88.